The van der Waals surface area contributed by atoms with Gasteiger partial charge in [-0.25, -0.2) is 0 Å². The van der Waals surface area contributed by atoms with E-state index in [9.17, 15) is 19.8 Å². The van der Waals surface area contributed by atoms with Gasteiger partial charge in [0.1, 0.15) is 11.5 Å². The predicted octanol–water partition coefficient (Wildman–Crippen LogP) is 5.94. The number of hydrogen-bond donors (Lipinski definition) is 2. The molecular formula is C22H24Cl2O6S2. The Morgan fingerprint density at radius 3 is 1.53 bits per heavy atom. The van der Waals surface area contributed by atoms with E-state index in [0.717, 1.165) is 9.79 Å². The van der Waals surface area contributed by atoms with Crippen LogP contribution in [-0.2, 0) is 19.1 Å². The fourth-order valence-electron chi connectivity index (χ4n) is 2.38. The van der Waals surface area contributed by atoms with Crippen LogP contribution in [0.3, 0.4) is 0 Å². The van der Waals surface area contributed by atoms with Gasteiger partial charge in [0.25, 0.3) is 0 Å². The van der Waals surface area contributed by atoms with Crippen molar-refractivity contribution in [3.8, 4) is 11.5 Å². The van der Waals surface area contributed by atoms with Crippen LogP contribution in [0.2, 0.25) is 10.0 Å². The minimum absolute atomic E-state index is 0.0273. The summed E-state index contributed by atoms with van der Waals surface area (Å²) >= 11 is 14.6. The second-order valence-electron chi connectivity index (χ2n) is 6.57. The first kappa shape index (κ1) is 26.5. The van der Waals surface area contributed by atoms with Gasteiger partial charge in [-0.15, -0.1) is 23.5 Å². The van der Waals surface area contributed by atoms with Crippen molar-refractivity contribution >= 4 is 58.7 Å². The number of rotatable bonds is 13. The van der Waals surface area contributed by atoms with Gasteiger partial charge in [-0.1, -0.05) is 23.2 Å². The third-order valence-corrected chi connectivity index (χ3v) is 6.65. The van der Waals surface area contributed by atoms with Crippen LogP contribution in [0, 0.1) is 0 Å². The Kier molecular flexibility index (Phi) is 11.9. The summed E-state index contributed by atoms with van der Waals surface area (Å²) in [6.45, 7) is 0.563. The Morgan fingerprint density at radius 2 is 1.16 bits per heavy atom. The van der Waals surface area contributed by atoms with Gasteiger partial charge in [0.05, 0.1) is 36.1 Å². The second kappa shape index (κ2) is 14.4. The number of benzene rings is 2. The summed E-state index contributed by atoms with van der Waals surface area (Å²) in [5.74, 6) is 0.577. The zero-order valence-electron chi connectivity index (χ0n) is 17.2. The molecule has 0 aliphatic rings. The molecule has 0 saturated carbocycles. The standard InChI is InChI=1S/C22H24Cl2O6S2/c23-17-13-15(3-5-19(17)25)31-11-7-21(27)29-9-1-2-10-30-22(28)8-12-32-16-4-6-20(26)18(24)14-16/h3-6,13-14,25-26H,1-2,7-12H2. The van der Waals surface area contributed by atoms with Gasteiger partial charge < -0.3 is 19.7 Å². The highest BCUT2D eigenvalue weighted by atomic mass is 35.5. The topological polar surface area (TPSA) is 93.1 Å². The number of phenols is 2. The molecule has 0 bridgehead atoms. The number of halogens is 2. The minimum Gasteiger partial charge on any atom is -0.506 e. The van der Waals surface area contributed by atoms with E-state index in [1.165, 1.54) is 35.7 Å². The Hall–Kier alpha value is -1.74. The normalized spacial score (nSPS) is 10.7. The summed E-state index contributed by atoms with van der Waals surface area (Å²) in [5.41, 5.74) is 0. The lowest BCUT2D eigenvalue weighted by atomic mass is 10.3. The zero-order valence-corrected chi connectivity index (χ0v) is 20.4. The summed E-state index contributed by atoms with van der Waals surface area (Å²) in [6, 6.07) is 9.80. The maximum Gasteiger partial charge on any atom is 0.306 e. The van der Waals surface area contributed by atoms with Crippen LogP contribution >= 0.6 is 46.7 Å². The van der Waals surface area contributed by atoms with Gasteiger partial charge in [0.15, 0.2) is 0 Å². The van der Waals surface area contributed by atoms with Crippen molar-refractivity contribution in [2.45, 2.75) is 35.5 Å². The van der Waals surface area contributed by atoms with Crippen LogP contribution in [0.25, 0.3) is 0 Å². The van der Waals surface area contributed by atoms with Crippen molar-refractivity contribution in [2.24, 2.45) is 0 Å². The fraction of sp³-hybridized carbons (Fsp3) is 0.364. The monoisotopic (exact) mass is 518 g/mol. The minimum atomic E-state index is -0.286. The highest BCUT2D eigenvalue weighted by Crippen LogP contribution is 2.30. The molecule has 10 heteroatoms. The number of carbonyl (C=O) groups excluding carboxylic acids is 2. The third-order valence-electron chi connectivity index (χ3n) is 4.05. The molecule has 0 spiro atoms. The molecular weight excluding hydrogens is 495 g/mol. The summed E-state index contributed by atoms with van der Waals surface area (Å²) in [4.78, 5) is 25.3. The van der Waals surface area contributed by atoms with Crippen molar-refractivity contribution in [3.05, 3.63) is 46.4 Å². The molecule has 0 fully saturated rings. The largest absolute Gasteiger partial charge is 0.506 e. The van der Waals surface area contributed by atoms with Crippen molar-refractivity contribution < 1.29 is 29.3 Å². The first-order valence-electron chi connectivity index (χ1n) is 9.89. The van der Waals surface area contributed by atoms with Gasteiger partial charge in [-0.05, 0) is 49.2 Å². The third kappa shape index (κ3) is 10.3. The maximum absolute atomic E-state index is 11.8. The molecule has 2 aromatic rings. The fourth-order valence-corrected chi connectivity index (χ4v) is 4.61. The SMILES string of the molecule is O=C(CCSc1ccc(O)c(Cl)c1)OCCCCOC(=O)CCSc1ccc(O)c(Cl)c1. The second-order valence-corrected chi connectivity index (χ2v) is 9.72. The average molecular weight is 519 g/mol. The van der Waals surface area contributed by atoms with E-state index in [1.807, 2.05) is 0 Å². The average Bonchev–Trinajstić information content (AvgIpc) is 2.75. The Bertz CT molecular complexity index is 836. The van der Waals surface area contributed by atoms with E-state index in [0.29, 0.717) is 24.3 Å². The number of hydrogen-bond acceptors (Lipinski definition) is 8. The summed E-state index contributed by atoms with van der Waals surface area (Å²) in [7, 11) is 0. The van der Waals surface area contributed by atoms with Crippen molar-refractivity contribution in [1.82, 2.24) is 0 Å². The lowest BCUT2D eigenvalue weighted by Gasteiger charge is -2.07. The first-order chi connectivity index (χ1) is 15.3. The summed E-state index contributed by atoms with van der Waals surface area (Å²) in [5, 5.41) is 19.3. The number of aromatic hydroxyl groups is 2. The highest BCUT2D eigenvalue weighted by molar-refractivity contribution is 7.99. The summed E-state index contributed by atoms with van der Waals surface area (Å²) in [6.07, 6.45) is 1.76. The van der Waals surface area contributed by atoms with Crippen molar-refractivity contribution in [3.63, 3.8) is 0 Å². The number of esters is 2. The lowest BCUT2D eigenvalue weighted by molar-refractivity contribution is -0.145. The van der Waals surface area contributed by atoms with Crippen LogP contribution in [0.4, 0.5) is 0 Å². The molecule has 0 heterocycles. The molecule has 0 saturated heterocycles. The molecule has 0 aliphatic carbocycles. The summed E-state index contributed by atoms with van der Waals surface area (Å²) < 4.78 is 10.3. The number of carbonyl (C=O) groups is 2. The van der Waals surface area contributed by atoms with Gasteiger partial charge in [-0.3, -0.25) is 9.59 Å². The smallest absolute Gasteiger partial charge is 0.306 e. The van der Waals surface area contributed by atoms with Crippen LogP contribution in [0.15, 0.2) is 46.2 Å². The van der Waals surface area contributed by atoms with Gasteiger partial charge in [0.2, 0.25) is 0 Å². The molecule has 0 aliphatic heterocycles. The molecule has 174 valence electrons. The van der Waals surface area contributed by atoms with Gasteiger partial charge in [0, 0.05) is 21.3 Å². The van der Waals surface area contributed by atoms with Crippen LogP contribution in [0.1, 0.15) is 25.7 Å². The van der Waals surface area contributed by atoms with Crippen molar-refractivity contribution in [1.29, 1.82) is 0 Å². The van der Waals surface area contributed by atoms with E-state index < -0.39 is 0 Å². The molecule has 0 radical (unpaired) electrons. The van der Waals surface area contributed by atoms with Gasteiger partial charge >= 0.3 is 11.9 Å². The van der Waals surface area contributed by atoms with E-state index in [2.05, 4.69) is 0 Å². The Balaban J connectivity index is 1.46. The molecule has 0 amide bonds. The number of unbranched alkanes of at least 4 members (excludes halogenated alkanes) is 1. The molecule has 2 N–H and O–H groups in total. The molecule has 0 atom stereocenters. The maximum atomic E-state index is 11.8. The first-order valence-corrected chi connectivity index (χ1v) is 12.6. The van der Waals surface area contributed by atoms with E-state index in [-0.39, 0.29) is 59.5 Å². The lowest BCUT2D eigenvalue weighted by Crippen LogP contribution is -2.09. The van der Waals surface area contributed by atoms with Crippen molar-refractivity contribution in [2.75, 3.05) is 24.7 Å². The van der Waals surface area contributed by atoms with Crippen LogP contribution < -0.4 is 0 Å². The van der Waals surface area contributed by atoms with E-state index >= 15 is 0 Å². The van der Waals surface area contributed by atoms with Crippen LogP contribution in [-0.4, -0.2) is 46.9 Å². The molecule has 32 heavy (non-hydrogen) atoms. The molecule has 2 aromatic carbocycles. The quantitative estimate of drug-likeness (QED) is 0.191. The number of thioether (sulfide) groups is 2. The zero-order chi connectivity index (χ0) is 23.3. The number of phenolic OH excluding ortho intramolecular Hbond substituents is 2. The molecule has 0 aromatic heterocycles. The predicted molar refractivity (Wildman–Crippen MR) is 128 cm³/mol. The highest BCUT2D eigenvalue weighted by Gasteiger charge is 2.07. The molecule has 6 nitrogen and oxygen atoms in total. The van der Waals surface area contributed by atoms with E-state index in [1.54, 1.807) is 24.3 Å². The van der Waals surface area contributed by atoms with Crippen LogP contribution in [0.5, 0.6) is 11.5 Å². The van der Waals surface area contributed by atoms with Gasteiger partial charge in [-0.2, -0.15) is 0 Å². The molecule has 0 unspecified atom stereocenters. The Morgan fingerprint density at radius 1 is 0.750 bits per heavy atom. The molecule has 2 rings (SSSR count). The number of ether oxygens (including phenoxy) is 2. The Labute approximate surface area is 205 Å². The van der Waals surface area contributed by atoms with E-state index in [4.69, 9.17) is 32.7 Å².